The molecular formula is C11H25NO. The SMILES string of the molecule is CC.CC(C)COC1CCNCC1. The molecule has 1 saturated heterocycles. The molecule has 1 rings (SSSR count). The smallest absolute Gasteiger partial charge is 0.0599 e. The van der Waals surface area contributed by atoms with Gasteiger partial charge in [0.15, 0.2) is 0 Å². The quantitative estimate of drug-likeness (QED) is 0.732. The number of ether oxygens (including phenoxy) is 1. The monoisotopic (exact) mass is 187 g/mol. The number of hydrogen-bond donors (Lipinski definition) is 1. The summed E-state index contributed by atoms with van der Waals surface area (Å²) in [6.45, 7) is 11.6. The third kappa shape index (κ3) is 7.03. The topological polar surface area (TPSA) is 21.3 Å². The Labute approximate surface area is 83.1 Å². The lowest BCUT2D eigenvalue weighted by atomic mass is 10.1. The summed E-state index contributed by atoms with van der Waals surface area (Å²) in [6.07, 6.45) is 2.90. The molecule has 0 unspecified atom stereocenters. The molecule has 0 saturated carbocycles. The maximum Gasteiger partial charge on any atom is 0.0599 e. The summed E-state index contributed by atoms with van der Waals surface area (Å²) in [5.41, 5.74) is 0. The van der Waals surface area contributed by atoms with Gasteiger partial charge in [-0.1, -0.05) is 27.7 Å². The van der Waals surface area contributed by atoms with Crippen molar-refractivity contribution < 1.29 is 4.74 Å². The molecule has 2 heteroatoms. The second-order valence-corrected chi connectivity index (χ2v) is 3.68. The van der Waals surface area contributed by atoms with E-state index in [1.165, 1.54) is 12.8 Å². The fourth-order valence-electron chi connectivity index (χ4n) is 1.29. The molecule has 1 fully saturated rings. The zero-order valence-electron chi connectivity index (χ0n) is 9.60. The maximum absolute atomic E-state index is 5.70. The van der Waals surface area contributed by atoms with E-state index >= 15 is 0 Å². The molecule has 80 valence electrons. The average Bonchev–Trinajstić information content (AvgIpc) is 2.19. The highest BCUT2D eigenvalue weighted by Crippen LogP contribution is 2.08. The molecule has 0 bridgehead atoms. The number of nitrogens with one attached hydrogen (secondary N) is 1. The van der Waals surface area contributed by atoms with Crippen molar-refractivity contribution in [1.29, 1.82) is 0 Å². The molecule has 13 heavy (non-hydrogen) atoms. The predicted octanol–water partition coefficient (Wildman–Crippen LogP) is 2.44. The molecule has 0 spiro atoms. The van der Waals surface area contributed by atoms with Crippen molar-refractivity contribution in [3.8, 4) is 0 Å². The summed E-state index contributed by atoms with van der Waals surface area (Å²) >= 11 is 0. The van der Waals surface area contributed by atoms with Crippen LogP contribution in [0, 0.1) is 5.92 Å². The van der Waals surface area contributed by atoms with E-state index in [4.69, 9.17) is 4.74 Å². The number of rotatable bonds is 3. The number of piperidine rings is 1. The zero-order valence-corrected chi connectivity index (χ0v) is 9.60. The van der Waals surface area contributed by atoms with Gasteiger partial charge in [-0.05, 0) is 31.8 Å². The fourth-order valence-corrected chi connectivity index (χ4v) is 1.29. The first-order valence-corrected chi connectivity index (χ1v) is 5.61. The van der Waals surface area contributed by atoms with Gasteiger partial charge in [0, 0.05) is 6.61 Å². The van der Waals surface area contributed by atoms with Crippen LogP contribution >= 0.6 is 0 Å². The standard InChI is InChI=1S/C9H19NO.C2H6/c1-8(2)7-11-9-3-5-10-6-4-9;1-2/h8-10H,3-7H2,1-2H3;1-2H3. The average molecular weight is 187 g/mol. The van der Waals surface area contributed by atoms with E-state index in [-0.39, 0.29) is 0 Å². The Hall–Kier alpha value is -0.0800. The lowest BCUT2D eigenvalue weighted by molar-refractivity contribution is 0.0178. The first kappa shape index (κ1) is 12.9. The summed E-state index contributed by atoms with van der Waals surface area (Å²) in [7, 11) is 0. The molecule has 0 aromatic carbocycles. The summed E-state index contributed by atoms with van der Waals surface area (Å²) in [5.74, 6) is 0.671. The highest BCUT2D eigenvalue weighted by molar-refractivity contribution is 4.68. The van der Waals surface area contributed by atoms with Crippen molar-refractivity contribution in [3.63, 3.8) is 0 Å². The van der Waals surface area contributed by atoms with E-state index in [0.29, 0.717) is 12.0 Å². The van der Waals surface area contributed by atoms with Gasteiger partial charge in [-0.3, -0.25) is 0 Å². The Morgan fingerprint density at radius 1 is 1.23 bits per heavy atom. The lowest BCUT2D eigenvalue weighted by Crippen LogP contribution is -2.33. The summed E-state index contributed by atoms with van der Waals surface area (Å²) in [6, 6.07) is 0. The minimum Gasteiger partial charge on any atom is -0.378 e. The third-order valence-corrected chi connectivity index (χ3v) is 1.95. The lowest BCUT2D eigenvalue weighted by Gasteiger charge is -2.23. The highest BCUT2D eigenvalue weighted by atomic mass is 16.5. The molecule has 2 nitrogen and oxygen atoms in total. The van der Waals surface area contributed by atoms with Crippen LogP contribution in [-0.4, -0.2) is 25.8 Å². The normalized spacial score (nSPS) is 18.2. The van der Waals surface area contributed by atoms with Crippen molar-refractivity contribution in [1.82, 2.24) is 5.32 Å². The fraction of sp³-hybridized carbons (Fsp3) is 1.00. The first-order chi connectivity index (χ1) is 6.29. The van der Waals surface area contributed by atoms with Gasteiger partial charge in [-0.2, -0.15) is 0 Å². The summed E-state index contributed by atoms with van der Waals surface area (Å²) in [4.78, 5) is 0. The summed E-state index contributed by atoms with van der Waals surface area (Å²) < 4.78 is 5.70. The van der Waals surface area contributed by atoms with Crippen LogP contribution < -0.4 is 5.32 Å². The van der Waals surface area contributed by atoms with E-state index in [2.05, 4.69) is 19.2 Å². The van der Waals surface area contributed by atoms with E-state index in [0.717, 1.165) is 19.7 Å². The molecule has 1 heterocycles. The predicted molar refractivity (Wildman–Crippen MR) is 58.0 cm³/mol. The Morgan fingerprint density at radius 3 is 2.23 bits per heavy atom. The van der Waals surface area contributed by atoms with Gasteiger partial charge in [0.05, 0.1) is 6.10 Å². The number of hydrogen-bond acceptors (Lipinski definition) is 2. The van der Waals surface area contributed by atoms with Gasteiger partial charge < -0.3 is 10.1 Å². The minimum absolute atomic E-state index is 0.527. The highest BCUT2D eigenvalue weighted by Gasteiger charge is 2.12. The van der Waals surface area contributed by atoms with Gasteiger partial charge in [0.25, 0.3) is 0 Å². The van der Waals surface area contributed by atoms with Crippen molar-refractivity contribution in [2.24, 2.45) is 5.92 Å². The van der Waals surface area contributed by atoms with Crippen LogP contribution in [0.5, 0.6) is 0 Å². The summed E-state index contributed by atoms with van der Waals surface area (Å²) in [5, 5.41) is 3.32. The minimum atomic E-state index is 0.527. The molecule has 0 aliphatic carbocycles. The first-order valence-electron chi connectivity index (χ1n) is 5.61. The Kier molecular flexibility index (Phi) is 8.46. The van der Waals surface area contributed by atoms with Gasteiger partial charge in [0.1, 0.15) is 0 Å². The molecule has 0 aromatic heterocycles. The van der Waals surface area contributed by atoms with Crippen LogP contribution in [0.4, 0.5) is 0 Å². The van der Waals surface area contributed by atoms with Crippen LogP contribution in [-0.2, 0) is 4.74 Å². The maximum atomic E-state index is 5.70. The van der Waals surface area contributed by atoms with Crippen LogP contribution in [0.25, 0.3) is 0 Å². The molecule has 0 aromatic rings. The largest absolute Gasteiger partial charge is 0.378 e. The second-order valence-electron chi connectivity index (χ2n) is 3.68. The van der Waals surface area contributed by atoms with E-state index < -0.39 is 0 Å². The molecule has 1 aliphatic rings. The van der Waals surface area contributed by atoms with E-state index in [9.17, 15) is 0 Å². The van der Waals surface area contributed by atoms with Gasteiger partial charge >= 0.3 is 0 Å². The molecule has 0 atom stereocenters. The van der Waals surface area contributed by atoms with Crippen molar-refractivity contribution in [2.75, 3.05) is 19.7 Å². The van der Waals surface area contributed by atoms with Crippen LogP contribution in [0.3, 0.4) is 0 Å². The van der Waals surface area contributed by atoms with E-state index in [1.807, 2.05) is 13.8 Å². The van der Waals surface area contributed by atoms with Gasteiger partial charge in [0.2, 0.25) is 0 Å². The van der Waals surface area contributed by atoms with Gasteiger partial charge in [-0.25, -0.2) is 0 Å². The van der Waals surface area contributed by atoms with Crippen molar-refractivity contribution in [3.05, 3.63) is 0 Å². The van der Waals surface area contributed by atoms with E-state index in [1.54, 1.807) is 0 Å². The van der Waals surface area contributed by atoms with Gasteiger partial charge in [-0.15, -0.1) is 0 Å². The Bertz CT molecular complexity index is 98.3. The van der Waals surface area contributed by atoms with Crippen LogP contribution in [0.2, 0.25) is 0 Å². The van der Waals surface area contributed by atoms with Crippen molar-refractivity contribution >= 4 is 0 Å². The zero-order chi connectivity index (χ0) is 10.1. The van der Waals surface area contributed by atoms with Crippen molar-refractivity contribution in [2.45, 2.75) is 46.6 Å². The molecule has 0 amide bonds. The Morgan fingerprint density at radius 2 is 1.77 bits per heavy atom. The third-order valence-electron chi connectivity index (χ3n) is 1.95. The van der Waals surface area contributed by atoms with Crippen LogP contribution in [0.15, 0.2) is 0 Å². The molecular weight excluding hydrogens is 162 g/mol. The molecule has 1 aliphatic heterocycles. The Balaban J connectivity index is 0.000000671. The van der Waals surface area contributed by atoms with Crippen LogP contribution in [0.1, 0.15) is 40.5 Å². The molecule has 1 N–H and O–H groups in total. The second kappa shape index (κ2) is 8.52. The molecule has 0 radical (unpaired) electrons.